The second kappa shape index (κ2) is 9.31. The van der Waals surface area contributed by atoms with E-state index in [9.17, 15) is 0 Å². The quantitative estimate of drug-likeness (QED) is 0.540. The van der Waals surface area contributed by atoms with Crippen molar-refractivity contribution in [2.45, 2.75) is 31.7 Å². The number of nitrogens with one attached hydrogen (secondary N) is 1. The molecule has 1 N–H and O–H groups in total. The first-order valence-corrected chi connectivity index (χ1v) is 10.3. The van der Waals surface area contributed by atoms with Crippen LogP contribution in [0.2, 0.25) is 0 Å². The van der Waals surface area contributed by atoms with E-state index in [0.29, 0.717) is 0 Å². The van der Waals surface area contributed by atoms with Gasteiger partial charge < -0.3 is 5.32 Å². The molecule has 0 saturated heterocycles. The average molecular weight is 409 g/mol. The number of hydrogen-bond donors (Lipinski definition) is 1. The molecule has 3 aromatic rings. The minimum Gasteiger partial charge on any atom is -0.356 e. The molecule has 144 valence electrons. The van der Waals surface area contributed by atoms with Crippen molar-refractivity contribution in [3.8, 4) is 0 Å². The van der Waals surface area contributed by atoms with Crippen LogP contribution in [-0.4, -0.2) is 5.17 Å². The van der Waals surface area contributed by atoms with Crippen LogP contribution in [0.25, 0.3) is 0 Å². The van der Waals surface area contributed by atoms with E-state index < -0.39 is 0 Å². The van der Waals surface area contributed by atoms with Crippen LogP contribution in [0.4, 0.5) is 0 Å². The molecule has 1 heterocycles. The Balaban J connectivity index is 0.00000225. The number of aliphatic imine (C=N–C) groups is 1. The van der Waals surface area contributed by atoms with Gasteiger partial charge in [0.25, 0.3) is 0 Å². The molecule has 2 atom stereocenters. The SMILES string of the molecule is Cc1ccc(CSC2=NC(c3ccccc3)C(c3ccccc3)N2)c(C)c1.Cl. The second-order valence-electron chi connectivity index (χ2n) is 7.04. The Morgan fingerprint density at radius 3 is 2.14 bits per heavy atom. The molecule has 0 aliphatic carbocycles. The van der Waals surface area contributed by atoms with E-state index >= 15 is 0 Å². The molecule has 1 aliphatic heterocycles. The maximum atomic E-state index is 5.05. The molecule has 4 heteroatoms. The minimum atomic E-state index is 0. The third-order valence-electron chi connectivity index (χ3n) is 5.01. The zero-order valence-electron chi connectivity index (χ0n) is 16.1. The summed E-state index contributed by atoms with van der Waals surface area (Å²) in [6, 6.07) is 28.2. The largest absolute Gasteiger partial charge is 0.356 e. The van der Waals surface area contributed by atoms with Gasteiger partial charge in [-0.25, -0.2) is 0 Å². The Kier molecular flexibility index (Phi) is 6.82. The first-order valence-electron chi connectivity index (χ1n) is 9.34. The van der Waals surface area contributed by atoms with E-state index in [2.05, 4.69) is 98.0 Å². The first kappa shape index (κ1) is 20.5. The van der Waals surface area contributed by atoms with Crippen LogP contribution < -0.4 is 5.32 Å². The number of nitrogens with zero attached hydrogens (tertiary/aromatic N) is 1. The zero-order valence-corrected chi connectivity index (χ0v) is 17.8. The fourth-order valence-corrected chi connectivity index (χ4v) is 4.54. The number of amidine groups is 1. The Labute approximate surface area is 177 Å². The van der Waals surface area contributed by atoms with E-state index in [4.69, 9.17) is 4.99 Å². The highest BCUT2D eigenvalue weighted by Gasteiger charge is 2.31. The van der Waals surface area contributed by atoms with Crippen molar-refractivity contribution in [2.75, 3.05) is 0 Å². The van der Waals surface area contributed by atoms with Crippen molar-refractivity contribution in [1.29, 1.82) is 0 Å². The van der Waals surface area contributed by atoms with Crippen molar-refractivity contribution in [2.24, 2.45) is 4.99 Å². The molecule has 0 radical (unpaired) electrons. The standard InChI is InChI=1S/C24H24N2S.ClH/c1-17-13-14-21(18(2)15-17)16-27-24-25-22(19-9-5-3-6-10-19)23(26-24)20-11-7-4-8-12-20;/h3-15,22-23H,16H2,1-2H3,(H,25,26);1H. The highest BCUT2D eigenvalue weighted by Crippen LogP contribution is 2.38. The van der Waals surface area contributed by atoms with E-state index in [-0.39, 0.29) is 24.5 Å². The van der Waals surface area contributed by atoms with Gasteiger partial charge in [-0.1, -0.05) is 96.2 Å². The molecule has 0 aromatic heterocycles. The molecule has 2 nitrogen and oxygen atoms in total. The number of halogens is 1. The Morgan fingerprint density at radius 2 is 1.50 bits per heavy atom. The molecule has 0 amide bonds. The van der Waals surface area contributed by atoms with Gasteiger partial charge in [0.05, 0.1) is 6.04 Å². The molecule has 0 bridgehead atoms. The number of benzene rings is 3. The topological polar surface area (TPSA) is 24.4 Å². The van der Waals surface area contributed by atoms with Crippen LogP contribution in [-0.2, 0) is 5.75 Å². The summed E-state index contributed by atoms with van der Waals surface area (Å²) in [5, 5.41) is 4.70. The van der Waals surface area contributed by atoms with Crippen LogP contribution in [0.5, 0.6) is 0 Å². The summed E-state index contributed by atoms with van der Waals surface area (Å²) < 4.78 is 0. The normalized spacial score (nSPS) is 18.1. The molecule has 4 rings (SSSR count). The smallest absolute Gasteiger partial charge is 0.158 e. The van der Waals surface area contributed by atoms with Crippen molar-refractivity contribution < 1.29 is 0 Å². The Hall–Kier alpha value is -2.23. The summed E-state index contributed by atoms with van der Waals surface area (Å²) >= 11 is 1.79. The number of aryl methyl sites for hydroxylation is 2. The van der Waals surface area contributed by atoms with Gasteiger partial charge in [-0.2, -0.15) is 0 Å². The molecular formula is C24H25ClN2S. The van der Waals surface area contributed by atoms with E-state index in [1.54, 1.807) is 11.8 Å². The van der Waals surface area contributed by atoms with Gasteiger partial charge in [-0.3, -0.25) is 4.99 Å². The van der Waals surface area contributed by atoms with Crippen molar-refractivity contribution in [1.82, 2.24) is 5.32 Å². The van der Waals surface area contributed by atoms with Crippen molar-refractivity contribution in [3.05, 3.63) is 107 Å². The fraction of sp³-hybridized carbons (Fsp3) is 0.208. The number of hydrogen-bond acceptors (Lipinski definition) is 3. The van der Waals surface area contributed by atoms with Gasteiger partial charge in [-0.15, -0.1) is 12.4 Å². The van der Waals surface area contributed by atoms with Gasteiger partial charge in [0, 0.05) is 5.75 Å². The van der Waals surface area contributed by atoms with Crippen LogP contribution in [0.1, 0.15) is 39.9 Å². The molecule has 28 heavy (non-hydrogen) atoms. The number of thioether (sulfide) groups is 1. The second-order valence-corrected chi connectivity index (χ2v) is 8.01. The van der Waals surface area contributed by atoms with Gasteiger partial charge in [0.15, 0.2) is 5.17 Å². The van der Waals surface area contributed by atoms with Gasteiger partial charge >= 0.3 is 0 Å². The molecule has 3 aromatic carbocycles. The molecule has 0 spiro atoms. The summed E-state index contributed by atoms with van der Waals surface area (Å²) in [6.45, 7) is 4.33. The summed E-state index contributed by atoms with van der Waals surface area (Å²) in [5.74, 6) is 0.932. The third-order valence-corrected chi connectivity index (χ3v) is 5.97. The van der Waals surface area contributed by atoms with Gasteiger partial charge in [-0.05, 0) is 36.1 Å². The average Bonchev–Trinajstić information content (AvgIpc) is 3.13. The van der Waals surface area contributed by atoms with Crippen molar-refractivity contribution in [3.63, 3.8) is 0 Å². The van der Waals surface area contributed by atoms with Crippen LogP contribution in [0.15, 0.2) is 83.9 Å². The molecule has 0 fully saturated rings. The molecular weight excluding hydrogens is 384 g/mol. The van der Waals surface area contributed by atoms with E-state index in [1.165, 1.54) is 27.8 Å². The lowest BCUT2D eigenvalue weighted by Gasteiger charge is -2.19. The lowest BCUT2D eigenvalue weighted by molar-refractivity contribution is 0.573. The Morgan fingerprint density at radius 1 is 0.857 bits per heavy atom. The highest BCUT2D eigenvalue weighted by atomic mass is 35.5. The monoisotopic (exact) mass is 408 g/mol. The lowest BCUT2D eigenvalue weighted by Crippen LogP contribution is -2.22. The molecule has 2 unspecified atom stereocenters. The van der Waals surface area contributed by atoms with Crippen LogP contribution >= 0.6 is 24.2 Å². The summed E-state index contributed by atoms with van der Waals surface area (Å²) in [5.41, 5.74) is 6.55. The third kappa shape index (κ3) is 4.60. The predicted octanol–water partition coefficient (Wildman–Crippen LogP) is 6.40. The zero-order chi connectivity index (χ0) is 18.6. The van der Waals surface area contributed by atoms with Crippen LogP contribution in [0, 0.1) is 13.8 Å². The summed E-state index contributed by atoms with van der Waals surface area (Å²) in [6.07, 6.45) is 0. The van der Waals surface area contributed by atoms with Gasteiger partial charge in [0.1, 0.15) is 6.04 Å². The maximum Gasteiger partial charge on any atom is 0.158 e. The van der Waals surface area contributed by atoms with E-state index in [1.807, 2.05) is 0 Å². The van der Waals surface area contributed by atoms with Crippen LogP contribution in [0.3, 0.4) is 0 Å². The lowest BCUT2D eigenvalue weighted by atomic mass is 9.95. The van der Waals surface area contributed by atoms with E-state index in [0.717, 1.165) is 10.9 Å². The maximum absolute atomic E-state index is 5.05. The molecule has 1 aliphatic rings. The highest BCUT2D eigenvalue weighted by molar-refractivity contribution is 8.13. The fourth-order valence-electron chi connectivity index (χ4n) is 3.53. The molecule has 0 saturated carbocycles. The predicted molar refractivity (Wildman–Crippen MR) is 123 cm³/mol. The van der Waals surface area contributed by atoms with Gasteiger partial charge in [0.2, 0.25) is 0 Å². The first-order chi connectivity index (χ1) is 13.2. The Bertz CT molecular complexity index is 941. The summed E-state index contributed by atoms with van der Waals surface area (Å²) in [7, 11) is 0. The number of rotatable bonds is 4. The summed E-state index contributed by atoms with van der Waals surface area (Å²) in [4.78, 5) is 5.05. The minimum absolute atomic E-state index is 0. The van der Waals surface area contributed by atoms with Crippen molar-refractivity contribution >= 4 is 29.3 Å².